The van der Waals surface area contributed by atoms with Crippen LogP contribution in [0.2, 0.25) is 5.02 Å². The SMILES string of the molecule is C=Cc1ccc(N2C(=O)C3CC=C4C(CC5(Cl)C(=O)N(c6c(F)c(F)c(F)c(F)c6F)C(=O)C5(Cl)C4c4cc(Cl)ccc4O)C3C2=O)cc1. The maximum Gasteiger partial charge on any atom is 0.258 e. The third-order valence-electron chi connectivity index (χ3n) is 9.91. The first-order valence-corrected chi connectivity index (χ1v) is 15.8. The molecule has 7 nitrogen and oxygen atoms in total. The van der Waals surface area contributed by atoms with Gasteiger partial charge in [0, 0.05) is 16.5 Å². The van der Waals surface area contributed by atoms with E-state index < -0.39 is 104 Å². The quantitative estimate of drug-likeness (QED) is 0.0767. The van der Waals surface area contributed by atoms with Crippen LogP contribution in [0.15, 0.2) is 60.7 Å². The number of phenols is 1. The van der Waals surface area contributed by atoms with Crippen LogP contribution in [0.3, 0.4) is 0 Å². The Labute approximate surface area is 289 Å². The van der Waals surface area contributed by atoms with E-state index >= 15 is 8.78 Å². The van der Waals surface area contributed by atoms with Gasteiger partial charge in [-0.2, -0.15) is 0 Å². The first kappa shape index (κ1) is 33.2. The number of hydrogen-bond acceptors (Lipinski definition) is 5. The number of aromatic hydroxyl groups is 1. The lowest BCUT2D eigenvalue weighted by Crippen LogP contribution is -2.60. The van der Waals surface area contributed by atoms with Crippen LogP contribution in [-0.2, 0) is 19.2 Å². The highest BCUT2D eigenvalue weighted by atomic mass is 35.5. The van der Waals surface area contributed by atoms with Crippen LogP contribution in [-0.4, -0.2) is 38.5 Å². The molecule has 0 bridgehead atoms. The number of carbonyl (C=O) groups excluding carboxylic acids is 4. The molecule has 2 heterocycles. The molecule has 3 aromatic carbocycles. The van der Waals surface area contributed by atoms with Gasteiger partial charge in [0.25, 0.3) is 11.8 Å². The maximum atomic E-state index is 15.2. The highest BCUT2D eigenvalue weighted by molar-refractivity contribution is 6.58. The van der Waals surface area contributed by atoms with Gasteiger partial charge in [-0.3, -0.25) is 24.1 Å². The molecule has 2 aliphatic carbocycles. The Bertz CT molecular complexity index is 2070. The Morgan fingerprint density at radius 1 is 0.816 bits per heavy atom. The molecule has 4 amide bonds. The maximum absolute atomic E-state index is 15.2. The molecule has 49 heavy (non-hydrogen) atoms. The molecule has 2 saturated heterocycles. The molecule has 1 N–H and O–H groups in total. The lowest BCUT2D eigenvalue weighted by molar-refractivity contribution is -0.125. The Balaban J connectivity index is 1.43. The summed E-state index contributed by atoms with van der Waals surface area (Å²) in [5.41, 5.74) is -0.947. The van der Waals surface area contributed by atoms with E-state index in [1.54, 1.807) is 30.3 Å². The van der Waals surface area contributed by atoms with Gasteiger partial charge in [0.1, 0.15) is 11.4 Å². The highest BCUT2D eigenvalue weighted by Crippen LogP contribution is 2.67. The molecule has 4 aliphatic rings. The van der Waals surface area contributed by atoms with Crippen molar-refractivity contribution in [2.24, 2.45) is 17.8 Å². The summed E-state index contributed by atoms with van der Waals surface area (Å²) in [7, 11) is 0. The normalized spacial score (nSPS) is 29.2. The van der Waals surface area contributed by atoms with Gasteiger partial charge >= 0.3 is 0 Å². The van der Waals surface area contributed by atoms with Gasteiger partial charge in [0.2, 0.25) is 17.6 Å². The molecule has 0 spiro atoms. The number of allylic oxidation sites excluding steroid dienone is 2. The molecule has 3 fully saturated rings. The number of halogens is 8. The third-order valence-corrected chi connectivity index (χ3v) is 11.6. The number of fused-ring (bicyclic) bond motifs is 4. The molecule has 6 unspecified atom stereocenters. The number of amides is 4. The molecule has 7 rings (SSSR count). The second kappa shape index (κ2) is 11.1. The van der Waals surface area contributed by atoms with Gasteiger partial charge in [-0.25, -0.2) is 26.9 Å². The second-order valence-corrected chi connectivity index (χ2v) is 13.9. The topological polar surface area (TPSA) is 95.0 Å². The second-order valence-electron chi connectivity index (χ2n) is 12.2. The molecule has 6 atom stereocenters. The molecule has 1 saturated carbocycles. The van der Waals surface area contributed by atoms with E-state index in [0.29, 0.717) is 5.56 Å². The summed E-state index contributed by atoms with van der Waals surface area (Å²) in [6.07, 6.45) is 2.34. The smallest absolute Gasteiger partial charge is 0.258 e. The van der Waals surface area contributed by atoms with Crippen LogP contribution >= 0.6 is 34.8 Å². The van der Waals surface area contributed by atoms with Crippen LogP contribution in [0, 0.1) is 46.8 Å². The fourth-order valence-corrected chi connectivity index (χ4v) is 8.79. The van der Waals surface area contributed by atoms with E-state index in [4.69, 9.17) is 34.8 Å². The van der Waals surface area contributed by atoms with Gasteiger partial charge in [0.05, 0.1) is 17.5 Å². The summed E-state index contributed by atoms with van der Waals surface area (Å²) in [6.45, 7) is 3.68. The summed E-state index contributed by atoms with van der Waals surface area (Å²) in [5, 5.41) is 11.1. The summed E-state index contributed by atoms with van der Waals surface area (Å²) >= 11 is 20.4. The number of carbonyl (C=O) groups is 4. The zero-order chi connectivity index (χ0) is 35.5. The van der Waals surface area contributed by atoms with E-state index in [9.17, 15) is 37.5 Å². The lowest BCUT2D eigenvalue weighted by Gasteiger charge is -2.50. The average Bonchev–Trinajstić information content (AvgIpc) is 3.42. The van der Waals surface area contributed by atoms with Crippen molar-refractivity contribution in [3.05, 3.63) is 106 Å². The Morgan fingerprint density at radius 3 is 2.04 bits per heavy atom. The zero-order valence-corrected chi connectivity index (χ0v) is 26.9. The number of anilines is 2. The van der Waals surface area contributed by atoms with E-state index in [1.807, 2.05) is 0 Å². The summed E-state index contributed by atoms with van der Waals surface area (Å²) in [6, 6.07) is 10.00. The van der Waals surface area contributed by atoms with Gasteiger partial charge in [-0.1, -0.05) is 48.0 Å². The number of phenolic OH excluding ortho intramolecular Hbond substituents is 1. The lowest BCUT2D eigenvalue weighted by atomic mass is 9.56. The van der Waals surface area contributed by atoms with Crippen molar-refractivity contribution in [2.45, 2.75) is 28.5 Å². The molecular weight excluding hydrogens is 718 g/mol. The minimum Gasteiger partial charge on any atom is -0.508 e. The fraction of sp³-hybridized carbons (Fsp3) is 0.235. The monoisotopic (exact) mass is 736 g/mol. The predicted molar refractivity (Wildman–Crippen MR) is 169 cm³/mol. The molecule has 3 aromatic rings. The number of hydrogen-bond donors (Lipinski definition) is 1. The predicted octanol–water partition coefficient (Wildman–Crippen LogP) is 7.15. The molecule has 0 radical (unpaired) electrons. The molecule has 15 heteroatoms. The van der Waals surface area contributed by atoms with Gasteiger partial charge in [0.15, 0.2) is 33.0 Å². The van der Waals surface area contributed by atoms with Crippen molar-refractivity contribution in [1.29, 1.82) is 0 Å². The van der Waals surface area contributed by atoms with E-state index in [-0.39, 0.29) is 33.2 Å². The van der Waals surface area contributed by atoms with Crippen molar-refractivity contribution in [1.82, 2.24) is 0 Å². The summed E-state index contributed by atoms with van der Waals surface area (Å²) in [4.78, 5) is 51.6. The first-order chi connectivity index (χ1) is 23.1. The Kier molecular flexibility index (Phi) is 7.55. The highest BCUT2D eigenvalue weighted by Gasteiger charge is 2.77. The number of nitrogens with zero attached hydrogens (tertiary/aromatic N) is 2. The molecule has 2 aliphatic heterocycles. The van der Waals surface area contributed by atoms with E-state index in [0.717, 1.165) is 11.0 Å². The van der Waals surface area contributed by atoms with Gasteiger partial charge in [-0.15, -0.1) is 23.2 Å². The standard InChI is InChI=1S/C34H20Cl3F5N2O5/c1-2-13-3-6-15(7-4-13)43-29(46)17-9-8-16-19(21(17)30(43)47)12-33(36)31(48)44(28-26(41)24(39)23(38)25(40)27(28)42)32(49)34(33,37)22(16)18-11-14(35)5-10-20(18)45/h2-8,10-11,17,19,21-22,45H,1,9,12H2. The van der Waals surface area contributed by atoms with Crippen molar-refractivity contribution in [3.8, 4) is 5.75 Å². The van der Waals surface area contributed by atoms with Crippen molar-refractivity contribution < 1.29 is 46.2 Å². The van der Waals surface area contributed by atoms with Crippen LogP contribution in [0.25, 0.3) is 6.08 Å². The minimum atomic E-state index is -2.78. The van der Waals surface area contributed by atoms with E-state index in [1.165, 1.54) is 18.2 Å². The number of alkyl halides is 2. The number of benzene rings is 3. The van der Waals surface area contributed by atoms with Gasteiger partial charge < -0.3 is 5.11 Å². The van der Waals surface area contributed by atoms with Crippen LogP contribution in [0.5, 0.6) is 5.75 Å². The summed E-state index contributed by atoms with van der Waals surface area (Å²) < 4.78 is 73.1. The van der Waals surface area contributed by atoms with Crippen molar-refractivity contribution >= 4 is 75.9 Å². The Hall–Kier alpha value is -4.26. The van der Waals surface area contributed by atoms with E-state index in [2.05, 4.69) is 6.58 Å². The average molecular weight is 738 g/mol. The summed E-state index contributed by atoms with van der Waals surface area (Å²) in [5.74, 6) is -22.4. The fourth-order valence-electron chi connectivity index (χ4n) is 7.68. The third kappa shape index (κ3) is 4.26. The van der Waals surface area contributed by atoms with Crippen LogP contribution in [0.1, 0.15) is 29.9 Å². The van der Waals surface area contributed by atoms with Crippen LogP contribution in [0.4, 0.5) is 33.3 Å². The first-order valence-electron chi connectivity index (χ1n) is 14.7. The van der Waals surface area contributed by atoms with Crippen LogP contribution < -0.4 is 9.80 Å². The Morgan fingerprint density at radius 2 is 1.43 bits per heavy atom. The minimum absolute atomic E-state index is 0.0132. The number of imide groups is 2. The van der Waals surface area contributed by atoms with Gasteiger partial charge in [-0.05, 0) is 54.7 Å². The molecular formula is C34H20Cl3F5N2O5. The van der Waals surface area contributed by atoms with Crippen molar-refractivity contribution in [3.63, 3.8) is 0 Å². The largest absolute Gasteiger partial charge is 0.508 e. The molecule has 0 aromatic heterocycles. The zero-order valence-electron chi connectivity index (χ0n) is 24.6. The van der Waals surface area contributed by atoms with Crippen molar-refractivity contribution in [2.75, 3.05) is 9.80 Å². The molecule has 252 valence electrons. The number of rotatable bonds is 4.